The maximum Gasteiger partial charge on any atom is 0.240 e. The first-order valence-corrected chi connectivity index (χ1v) is 7.93. The van der Waals surface area contributed by atoms with Crippen LogP contribution in [-0.2, 0) is 14.8 Å². The molecular weight excluding hydrogens is 264 g/mol. The standard InChI is InChI=1S/C13H22N2O3S/c1-3-10-18-11-4-9-15-12-5-7-13(8-6-12)19(16,17)14-2/h5-8,14-15H,3-4,9-11H2,1-2H3. The molecule has 0 radical (unpaired) electrons. The van der Waals surface area contributed by atoms with E-state index in [1.54, 1.807) is 24.3 Å². The van der Waals surface area contributed by atoms with E-state index in [2.05, 4.69) is 17.0 Å². The fourth-order valence-electron chi connectivity index (χ4n) is 1.52. The fraction of sp³-hybridized carbons (Fsp3) is 0.538. The first kappa shape index (κ1) is 15.9. The molecule has 0 atom stereocenters. The molecule has 0 aromatic heterocycles. The molecule has 0 heterocycles. The zero-order valence-corrected chi connectivity index (χ0v) is 12.3. The third kappa shape index (κ3) is 5.59. The lowest BCUT2D eigenvalue weighted by atomic mass is 10.3. The van der Waals surface area contributed by atoms with Crippen LogP contribution in [0.2, 0.25) is 0 Å². The lowest BCUT2D eigenvalue weighted by Gasteiger charge is -2.08. The quantitative estimate of drug-likeness (QED) is 0.680. The average Bonchev–Trinajstić information content (AvgIpc) is 2.43. The normalized spacial score (nSPS) is 11.5. The Bertz CT molecular complexity index is 457. The summed E-state index contributed by atoms with van der Waals surface area (Å²) in [5.74, 6) is 0. The van der Waals surface area contributed by atoms with Gasteiger partial charge in [0.1, 0.15) is 0 Å². The molecule has 0 aliphatic heterocycles. The average molecular weight is 286 g/mol. The SMILES string of the molecule is CCCOCCCNc1ccc(S(=O)(=O)NC)cc1. The van der Waals surface area contributed by atoms with Crippen LogP contribution in [0.1, 0.15) is 19.8 Å². The van der Waals surface area contributed by atoms with Gasteiger partial charge in [-0.3, -0.25) is 0 Å². The summed E-state index contributed by atoms with van der Waals surface area (Å²) < 4.78 is 30.7. The van der Waals surface area contributed by atoms with Crippen molar-refractivity contribution in [3.8, 4) is 0 Å². The molecule has 1 aromatic rings. The smallest absolute Gasteiger partial charge is 0.240 e. The van der Waals surface area contributed by atoms with Crippen molar-refractivity contribution in [1.82, 2.24) is 4.72 Å². The molecule has 19 heavy (non-hydrogen) atoms. The van der Waals surface area contributed by atoms with Gasteiger partial charge in [-0.25, -0.2) is 13.1 Å². The van der Waals surface area contributed by atoms with Crippen molar-refractivity contribution in [1.29, 1.82) is 0 Å². The summed E-state index contributed by atoms with van der Waals surface area (Å²) in [5.41, 5.74) is 0.908. The molecular formula is C13H22N2O3S. The minimum absolute atomic E-state index is 0.270. The zero-order chi connectivity index (χ0) is 14.1. The lowest BCUT2D eigenvalue weighted by Crippen LogP contribution is -2.18. The van der Waals surface area contributed by atoms with Gasteiger partial charge in [-0.2, -0.15) is 0 Å². The van der Waals surface area contributed by atoms with Gasteiger partial charge < -0.3 is 10.1 Å². The molecule has 6 heteroatoms. The first-order valence-electron chi connectivity index (χ1n) is 6.45. The van der Waals surface area contributed by atoms with Gasteiger partial charge in [0.05, 0.1) is 4.90 Å². The van der Waals surface area contributed by atoms with Crippen molar-refractivity contribution in [3.05, 3.63) is 24.3 Å². The van der Waals surface area contributed by atoms with E-state index in [1.807, 2.05) is 0 Å². The second-order valence-corrected chi connectivity index (χ2v) is 6.01. The second kappa shape index (κ2) is 8.14. The molecule has 0 aliphatic carbocycles. The number of hydrogen-bond acceptors (Lipinski definition) is 4. The summed E-state index contributed by atoms with van der Waals surface area (Å²) in [7, 11) is -1.95. The van der Waals surface area contributed by atoms with Gasteiger partial charge in [0.25, 0.3) is 0 Å². The van der Waals surface area contributed by atoms with E-state index in [-0.39, 0.29) is 4.90 Å². The summed E-state index contributed by atoms with van der Waals surface area (Å²) in [4.78, 5) is 0.270. The van der Waals surface area contributed by atoms with Crippen LogP contribution in [0, 0.1) is 0 Å². The Kier molecular flexibility index (Phi) is 6.83. The summed E-state index contributed by atoms with van der Waals surface area (Å²) in [5, 5.41) is 3.22. The number of anilines is 1. The highest BCUT2D eigenvalue weighted by molar-refractivity contribution is 7.89. The van der Waals surface area contributed by atoms with Crippen LogP contribution in [0.25, 0.3) is 0 Å². The third-order valence-corrected chi connectivity index (χ3v) is 4.01. The third-order valence-electron chi connectivity index (χ3n) is 2.58. The van der Waals surface area contributed by atoms with Crippen molar-refractivity contribution >= 4 is 15.7 Å². The molecule has 0 saturated heterocycles. The number of rotatable bonds is 9. The van der Waals surface area contributed by atoms with Crippen LogP contribution >= 0.6 is 0 Å². The minimum Gasteiger partial charge on any atom is -0.385 e. The monoisotopic (exact) mass is 286 g/mol. The van der Waals surface area contributed by atoms with Crippen molar-refractivity contribution in [2.75, 3.05) is 32.1 Å². The predicted molar refractivity (Wildman–Crippen MR) is 76.9 cm³/mol. The van der Waals surface area contributed by atoms with Gasteiger partial charge in [0.15, 0.2) is 0 Å². The Balaban J connectivity index is 2.37. The molecule has 0 amide bonds. The van der Waals surface area contributed by atoms with Gasteiger partial charge >= 0.3 is 0 Å². The molecule has 0 aliphatic rings. The van der Waals surface area contributed by atoms with Gasteiger partial charge in [-0.05, 0) is 44.2 Å². The van der Waals surface area contributed by atoms with Gasteiger partial charge in [0, 0.05) is 25.4 Å². The number of benzene rings is 1. The Morgan fingerprint density at radius 2 is 1.84 bits per heavy atom. The van der Waals surface area contributed by atoms with Crippen LogP contribution in [-0.4, -0.2) is 35.2 Å². The van der Waals surface area contributed by atoms with Crippen molar-refractivity contribution in [3.63, 3.8) is 0 Å². The van der Waals surface area contributed by atoms with Crippen LogP contribution < -0.4 is 10.0 Å². The van der Waals surface area contributed by atoms with E-state index in [0.717, 1.165) is 38.3 Å². The Morgan fingerprint density at radius 3 is 2.42 bits per heavy atom. The molecule has 0 spiro atoms. The van der Waals surface area contributed by atoms with Crippen molar-refractivity contribution < 1.29 is 13.2 Å². The van der Waals surface area contributed by atoms with Crippen LogP contribution in [0.5, 0.6) is 0 Å². The van der Waals surface area contributed by atoms with Gasteiger partial charge in [-0.1, -0.05) is 6.92 Å². The Hall–Kier alpha value is -1.11. The number of sulfonamides is 1. The number of hydrogen-bond donors (Lipinski definition) is 2. The van der Waals surface area contributed by atoms with E-state index in [9.17, 15) is 8.42 Å². The van der Waals surface area contributed by atoms with Gasteiger partial charge in [0.2, 0.25) is 10.0 Å². The summed E-state index contributed by atoms with van der Waals surface area (Å²) in [6.45, 7) is 4.44. The van der Waals surface area contributed by atoms with Crippen molar-refractivity contribution in [2.24, 2.45) is 0 Å². The highest BCUT2D eigenvalue weighted by Gasteiger charge is 2.09. The maximum atomic E-state index is 11.5. The van der Waals surface area contributed by atoms with Crippen LogP contribution in [0.3, 0.4) is 0 Å². The summed E-state index contributed by atoms with van der Waals surface area (Å²) >= 11 is 0. The molecule has 2 N–H and O–H groups in total. The Labute approximate surface area is 115 Å². The molecule has 1 rings (SSSR count). The maximum absolute atomic E-state index is 11.5. The number of ether oxygens (including phenoxy) is 1. The van der Waals surface area contributed by atoms with E-state index >= 15 is 0 Å². The summed E-state index contributed by atoms with van der Waals surface area (Å²) in [6.07, 6.45) is 1.96. The lowest BCUT2D eigenvalue weighted by molar-refractivity contribution is 0.134. The highest BCUT2D eigenvalue weighted by Crippen LogP contribution is 2.13. The highest BCUT2D eigenvalue weighted by atomic mass is 32.2. The topological polar surface area (TPSA) is 67.4 Å². The molecule has 0 fully saturated rings. The molecule has 5 nitrogen and oxygen atoms in total. The number of nitrogens with one attached hydrogen (secondary N) is 2. The van der Waals surface area contributed by atoms with Gasteiger partial charge in [-0.15, -0.1) is 0 Å². The van der Waals surface area contributed by atoms with E-state index in [1.165, 1.54) is 7.05 Å². The molecule has 108 valence electrons. The fourth-order valence-corrected chi connectivity index (χ4v) is 2.25. The van der Waals surface area contributed by atoms with Crippen LogP contribution in [0.15, 0.2) is 29.2 Å². The minimum atomic E-state index is -3.35. The zero-order valence-electron chi connectivity index (χ0n) is 11.5. The Morgan fingerprint density at radius 1 is 1.16 bits per heavy atom. The molecule has 0 saturated carbocycles. The van der Waals surface area contributed by atoms with E-state index in [4.69, 9.17) is 4.74 Å². The second-order valence-electron chi connectivity index (χ2n) is 4.12. The molecule has 0 bridgehead atoms. The largest absolute Gasteiger partial charge is 0.385 e. The molecule has 0 unspecified atom stereocenters. The van der Waals surface area contributed by atoms with E-state index in [0.29, 0.717) is 0 Å². The summed E-state index contributed by atoms with van der Waals surface area (Å²) in [6, 6.07) is 6.69. The predicted octanol–water partition coefficient (Wildman–Crippen LogP) is 1.82. The molecule has 1 aromatic carbocycles. The first-order chi connectivity index (χ1) is 9.10. The van der Waals surface area contributed by atoms with Crippen LogP contribution in [0.4, 0.5) is 5.69 Å². The van der Waals surface area contributed by atoms with Crippen molar-refractivity contribution in [2.45, 2.75) is 24.7 Å². The van der Waals surface area contributed by atoms with E-state index < -0.39 is 10.0 Å².